The van der Waals surface area contributed by atoms with E-state index in [1.807, 2.05) is 56.3 Å². The lowest BCUT2D eigenvalue weighted by Gasteiger charge is -2.13. The van der Waals surface area contributed by atoms with Crippen molar-refractivity contribution in [3.8, 4) is 0 Å². The first-order valence-electron chi connectivity index (χ1n) is 11.8. The third-order valence-electron chi connectivity index (χ3n) is 6.26. The highest BCUT2D eigenvalue weighted by Crippen LogP contribution is 2.37. The van der Waals surface area contributed by atoms with Crippen LogP contribution in [-0.4, -0.2) is 38.1 Å². The van der Waals surface area contributed by atoms with Crippen LogP contribution in [0.5, 0.6) is 0 Å². The van der Waals surface area contributed by atoms with Crippen LogP contribution in [0.2, 0.25) is 0 Å². The van der Waals surface area contributed by atoms with Crippen molar-refractivity contribution in [3.63, 3.8) is 0 Å². The number of aromatic amines is 1. The molecule has 0 saturated heterocycles. The fourth-order valence-electron chi connectivity index (χ4n) is 4.54. The summed E-state index contributed by atoms with van der Waals surface area (Å²) in [6.07, 6.45) is 3.70. The van der Waals surface area contributed by atoms with E-state index >= 15 is 0 Å². The Hall–Kier alpha value is -4.01. The zero-order valence-corrected chi connectivity index (χ0v) is 21.9. The van der Waals surface area contributed by atoms with Gasteiger partial charge in [-0.1, -0.05) is 36.4 Å². The number of benzene rings is 2. The number of hydrogen-bond acceptors (Lipinski definition) is 5. The predicted octanol–water partition coefficient (Wildman–Crippen LogP) is 5.26. The maximum absolute atomic E-state index is 14.0. The molecule has 0 atom stereocenters. The van der Waals surface area contributed by atoms with Crippen molar-refractivity contribution < 1.29 is 28.4 Å². The number of carbonyl (C=O) groups excluding carboxylic acids is 1. The predicted molar refractivity (Wildman–Crippen MR) is 145 cm³/mol. The minimum Gasteiger partial charge on any atom is -0.494 e. The monoisotopic (exact) mass is 531 g/mol. The Morgan fingerprint density at radius 1 is 1.11 bits per heavy atom. The molecule has 3 N–H and O–H groups in total. The van der Waals surface area contributed by atoms with Crippen molar-refractivity contribution in [1.82, 2.24) is 9.55 Å². The maximum atomic E-state index is 14.0. The van der Waals surface area contributed by atoms with Gasteiger partial charge in [0.15, 0.2) is 0 Å². The normalized spacial score (nSPS) is 14.7. The van der Waals surface area contributed by atoms with Gasteiger partial charge in [0, 0.05) is 28.4 Å². The van der Waals surface area contributed by atoms with Gasteiger partial charge in [0.1, 0.15) is 11.5 Å². The van der Waals surface area contributed by atoms with Crippen LogP contribution < -0.4 is 0 Å². The Morgan fingerprint density at radius 2 is 1.84 bits per heavy atom. The van der Waals surface area contributed by atoms with E-state index in [9.17, 15) is 19.1 Å². The summed E-state index contributed by atoms with van der Waals surface area (Å²) in [4.78, 5) is 40.5. The second-order valence-electron chi connectivity index (χ2n) is 8.94. The highest BCUT2D eigenvalue weighted by atomic mass is 31.2. The van der Waals surface area contributed by atoms with Crippen LogP contribution in [-0.2, 0) is 20.4 Å². The standard InChI is InChI=1S/C28H26N3O6P/c1-17-12-18(2)29-22(17)14-24-27(36-3)15-23(30-24)26-13-19-8-5-7-11-25(19)31(26)28(32)21-10-6-4-9-20(21)16-37-38(33,34)35/h4-15,29H,16H2,1-3H3,(H2,33,34,35). The minimum absolute atomic E-state index is 0.256. The van der Waals surface area contributed by atoms with E-state index < -0.39 is 14.4 Å². The SMILES string of the molecule is COC1=CC(c2cc3ccccc3n2C(=O)c2ccccc2COP(=O)(O)O)=NC1=Cc1[nH]c(C)cc1C. The third kappa shape index (κ3) is 5.05. The summed E-state index contributed by atoms with van der Waals surface area (Å²) in [5.74, 6) is 0.181. The summed E-state index contributed by atoms with van der Waals surface area (Å²) in [6, 6.07) is 18.0. The Labute approximate surface area is 219 Å². The lowest BCUT2D eigenvalue weighted by molar-refractivity contribution is 0.0960. The Morgan fingerprint density at radius 3 is 2.55 bits per heavy atom. The zero-order chi connectivity index (χ0) is 27.0. The number of carbonyl (C=O) groups is 1. The molecular weight excluding hydrogens is 505 g/mol. The molecule has 38 heavy (non-hydrogen) atoms. The molecule has 1 aliphatic heterocycles. The minimum atomic E-state index is -4.72. The zero-order valence-electron chi connectivity index (χ0n) is 21.0. The van der Waals surface area contributed by atoms with Crippen LogP contribution in [0.25, 0.3) is 17.0 Å². The summed E-state index contributed by atoms with van der Waals surface area (Å²) < 4.78 is 23.2. The second kappa shape index (κ2) is 10.0. The van der Waals surface area contributed by atoms with Crippen LogP contribution in [0, 0.1) is 13.8 Å². The van der Waals surface area contributed by atoms with Crippen LogP contribution in [0.15, 0.2) is 83.2 Å². The first kappa shape index (κ1) is 25.6. The molecule has 2 aromatic carbocycles. The van der Waals surface area contributed by atoms with E-state index in [0.717, 1.165) is 22.3 Å². The highest BCUT2D eigenvalue weighted by Gasteiger charge is 2.26. The van der Waals surface area contributed by atoms with Gasteiger partial charge in [0.25, 0.3) is 5.91 Å². The highest BCUT2D eigenvalue weighted by molar-refractivity contribution is 7.46. The number of ether oxygens (including phenoxy) is 1. The number of hydrogen-bond donors (Lipinski definition) is 3. The number of para-hydroxylation sites is 1. The van der Waals surface area contributed by atoms with Gasteiger partial charge in [-0.05, 0) is 55.3 Å². The molecule has 10 heteroatoms. The molecule has 1 aliphatic rings. The number of phosphoric acid groups is 1. The topological polar surface area (TPSA) is 126 Å². The molecule has 0 amide bonds. The summed E-state index contributed by atoms with van der Waals surface area (Å²) in [5.41, 5.74) is 6.02. The van der Waals surface area contributed by atoms with Gasteiger partial charge < -0.3 is 19.5 Å². The van der Waals surface area contributed by atoms with Gasteiger partial charge >= 0.3 is 7.82 Å². The van der Waals surface area contributed by atoms with E-state index in [2.05, 4.69) is 4.98 Å². The summed E-state index contributed by atoms with van der Waals surface area (Å²) in [5, 5.41) is 0.836. The lowest BCUT2D eigenvalue weighted by Crippen LogP contribution is -2.19. The maximum Gasteiger partial charge on any atom is 0.469 e. The molecule has 0 fully saturated rings. The van der Waals surface area contributed by atoms with Crippen molar-refractivity contribution in [3.05, 3.63) is 112 Å². The van der Waals surface area contributed by atoms with E-state index in [1.165, 1.54) is 0 Å². The number of aryl methyl sites for hydroxylation is 2. The van der Waals surface area contributed by atoms with Crippen molar-refractivity contribution in [2.75, 3.05) is 7.11 Å². The van der Waals surface area contributed by atoms with Crippen LogP contribution in [0.3, 0.4) is 0 Å². The number of fused-ring (bicyclic) bond motifs is 1. The Bertz CT molecular complexity index is 1700. The molecule has 0 aliphatic carbocycles. The lowest BCUT2D eigenvalue weighted by atomic mass is 10.1. The first-order chi connectivity index (χ1) is 18.1. The smallest absolute Gasteiger partial charge is 0.469 e. The molecule has 0 bridgehead atoms. The number of rotatable bonds is 7. The fourth-order valence-corrected chi connectivity index (χ4v) is 4.85. The van der Waals surface area contributed by atoms with E-state index in [4.69, 9.17) is 14.3 Å². The average Bonchev–Trinajstić information content (AvgIpc) is 3.56. The Kier molecular flexibility index (Phi) is 6.77. The van der Waals surface area contributed by atoms with Crippen LogP contribution >= 0.6 is 7.82 Å². The molecular formula is C28H26N3O6P. The molecule has 4 aromatic rings. The van der Waals surface area contributed by atoms with Gasteiger partial charge in [-0.3, -0.25) is 13.9 Å². The van der Waals surface area contributed by atoms with Gasteiger partial charge in [-0.2, -0.15) is 0 Å². The second-order valence-corrected chi connectivity index (χ2v) is 10.2. The van der Waals surface area contributed by atoms with Gasteiger partial charge in [-0.25, -0.2) is 9.56 Å². The number of H-pyrrole nitrogens is 1. The molecule has 0 radical (unpaired) electrons. The Balaban J connectivity index is 1.63. The first-order valence-corrected chi connectivity index (χ1v) is 13.3. The summed E-state index contributed by atoms with van der Waals surface area (Å²) in [6.45, 7) is 3.57. The molecule has 0 spiro atoms. The molecule has 0 saturated carbocycles. The summed E-state index contributed by atoms with van der Waals surface area (Å²) >= 11 is 0. The van der Waals surface area contributed by atoms with E-state index in [-0.39, 0.29) is 11.5 Å². The van der Waals surface area contributed by atoms with E-state index in [0.29, 0.717) is 33.9 Å². The quantitative estimate of drug-likeness (QED) is 0.280. The molecule has 2 aromatic heterocycles. The number of aliphatic imine (C=N–C) groups is 1. The fraction of sp³-hybridized carbons (Fsp3) is 0.143. The van der Waals surface area contributed by atoms with Crippen LogP contribution in [0.4, 0.5) is 0 Å². The van der Waals surface area contributed by atoms with Gasteiger partial charge in [0.2, 0.25) is 0 Å². The summed E-state index contributed by atoms with van der Waals surface area (Å²) in [7, 11) is -3.15. The number of methoxy groups -OCH3 is 1. The van der Waals surface area contributed by atoms with E-state index in [1.54, 1.807) is 42.0 Å². The third-order valence-corrected chi connectivity index (χ3v) is 6.73. The molecule has 5 rings (SSSR count). The number of allylic oxidation sites excluding steroid dienone is 1. The van der Waals surface area contributed by atoms with Gasteiger partial charge in [0.05, 0.1) is 30.6 Å². The van der Waals surface area contributed by atoms with Crippen molar-refractivity contribution in [2.24, 2.45) is 4.99 Å². The number of phosphoric ester groups is 1. The van der Waals surface area contributed by atoms with Gasteiger partial charge in [-0.15, -0.1) is 0 Å². The molecule has 0 unspecified atom stereocenters. The van der Waals surface area contributed by atoms with Crippen molar-refractivity contribution in [2.45, 2.75) is 20.5 Å². The average molecular weight is 532 g/mol. The number of aromatic nitrogens is 2. The molecule has 3 heterocycles. The largest absolute Gasteiger partial charge is 0.494 e. The van der Waals surface area contributed by atoms with Crippen molar-refractivity contribution in [1.29, 1.82) is 0 Å². The van der Waals surface area contributed by atoms with Crippen LogP contribution in [0.1, 0.15) is 38.6 Å². The van der Waals surface area contributed by atoms with Crippen molar-refractivity contribution >= 4 is 36.4 Å². The number of nitrogens with one attached hydrogen (secondary N) is 1. The molecule has 194 valence electrons. The molecule has 9 nitrogen and oxygen atoms in total. The number of nitrogens with zero attached hydrogens (tertiary/aromatic N) is 2.